The Hall–Kier alpha value is -3.38. The first-order chi connectivity index (χ1) is 14.1. The van der Waals surface area contributed by atoms with Crippen LogP contribution in [-0.4, -0.2) is 29.2 Å². The number of nitrogens with one attached hydrogen (secondary N) is 1. The first-order valence-corrected chi connectivity index (χ1v) is 9.54. The molecule has 3 aromatic rings. The first-order valence-electron chi connectivity index (χ1n) is 9.17. The monoisotopic (exact) mass is 406 g/mol. The fraction of sp³-hybridized carbons (Fsp3) is 0.136. The van der Waals surface area contributed by atoms with Crippen molar-refractivity contribution in [3.05, 3.63) is 82.8 Å². The van der Waals surface area contributed by atoms with Crippen molar-refractivity contribution in [1.82, 2.24) is 15.3 Å². The van der Waals surface area contributed by atoms with E-state index in [1.165, 1.54) is 28.5 Å². The predicted octanol–water partition coefficient (Wildman–Crippen LogP) is 4.26. The van der Waals surface area contributed by atoms with E-state index in [2.05, 4.69) is 39.6 Å². The van der Waals surface area contributed by atoms with Gasteiger partial charge >= 0.3 is 6.09 Å². The number of ether oxygens (including phenoxy) is 1. The number of rotatable bonds is 5. The van der Waals surface area contributed by atoms with Gasteiger partial charge in [0.2, 0.25) is 0 Å². The number of nitrogens with zero attached hydrogens (tertiary/aromatic N) is 2. The molecule has 1 aliphatic rings. The SMILES string of the molecule is Nc1ncc(C=CCNC(=O)OCC2c3ccccc3-c3ccccc32)nc1Cl. The molecule has 6 nitrogen and oxygen atoms in total. The molecule has 1 aliphatic carbocycles. The molecule has 0 atom stereocenters. The fourth-order valence-electron chi connectivity index (χ4n) is 3.44. The zero-order valence-corrected chi connectivity index (χ0v) is 16.3. The van der Waals surface area contributed by atoms with E-state index in [0.29, 0.717) is 12.2 Å². The number of alkyl carbamates (subject to hydrolysis) is 1. The molecule has 7 heteroatoms. The topological polar surface area (TPSA) is 90.1 Å². The number of nitrogens with two attached hydrogens (primary N) is 1. The van der Waals surface area contributed by atoms with Gasteiger partial charge in [-0.25, -0.2) is 14.8 Å². The number of fused-ring (bicyclic) bond motifs is 3. The molecule has 0 radical (unpaired) electrons. The van der Waals surface area contributed by atoms with Gasteiger partial charge in [0.25, 0.3) is 0 Å². The van der Waals surface area contributed by atoms with Crippen LogP contribution in [-0.2, 0) is 4.74 Å². The van der Waals surface area contributed by atoms with Crippen molar-refractivity contribution in [2.75, 3.05) is 18.9 Å². The molecule has 0 fully saturated rings. The Morgan fingerprint density at radius 1 is 1.14 bits per heavy atom. The number of amides is 1. The summed E-state index contributed by atoms with van der Waals surface area (Å²) in [7, 11) is 0. The second-order valence-electron chi connectivity index (χ2n) is 6.58. The van der Waals surface area contributed by atoms with Crippen LogP contribution in [0.3, 0.4) is 0 Å². The molecule has 146 valence electrons. The molecular weight excluding hydrogens is 388 g/mol. The highest BCUT2D eigenvalue weighted by Crippen LogP contribution is 2.44. The van der Waals surface area contributed by atoms with Crippen molar-refractivity contribution >= 4 is 29.6 Å². The predicted molar refractivity (Wildman–Crippen MR) is 114 cm³/mol. The summed E-state index contributed by atoms with van der Waals surface area (Å²) in [4.78, 5) is 20.1. The molecule has 0 saturated heterocycles. The van der Waals surface area contributed by atoms with Crippen LogP contribution in [0.2, 0.25) is 5.15 Å². The Labute approximate surface area is 173 Å². The summed E-state index contributed by atoms with van der Waals surface area (Å²) in [6.45, 7) is 0.572. The van der Waals surface area contributed by atoms with Crippen molar-refractivity contribution in [3.8, 4) is 11.1 Å². The molecule has 0 bridgehead atoms. The van der Waals surface area contributed by atoms with Crippen molar-refractivity contribution < 1.29 is 9.53 Å². The van der Waals surface area contributed by atoms with Gasteiger partial charge in [-0.2, -0.15) is 0 Å². The second-order valence-corrected chi connectivity index (χ2v) is 6.94. The van der Waals surface area contributed by atoms with Crippen molar-refractivity contribution in [3.63, 3.8) is 0 Å². The molecule has 1 aromatic heterocycles. The number of hydrogen-bond donors (Lipinski definition) is 2. The summed E-state index contributed by atoms with van der Waals surface area (Å²) in [5, 5.41) is 2.85. The van der Waals surface area contributed by atoms with Gasteiger partial charge in [-0.15, -0.1) is 0 Å². The Kier molecular flexibility index (Phi) is 5.44. The summed E-state index contributed by atoms with van der Waals surface area (Å²) in [6.07, 6.45) is 4.46. The lowest BCUT2D eigenvalue weighted by molar-refractivity contribution is 0.144. The number of aromatic nitrogens is 2. The van der Waals surface area contributed by atoms with Crippen molar-refractivity contribution in [1.29, 1.82) is 0 Å². The van der Waals surface area contributed by atoms with E-state index in [4.69, 9.17) is 22.1 Å². The number of carbonyl (C=O) groups is 1. The van der Waals surface area contributed by atoms with Gasteiger partial charge in [-0.1, -0.05) is 66.2 Å². The maximum absolute atomic E-state index is 12.1. The summed E-state index contributed by atoms with van der Waals surface area (Å²) < 4.78 is 5.48. The van der Waals surface area contributed by atoms with Crippen LogP contribution in [0.25, 0.3) is 17.2 Å². The van der Waals surface area contributed by atoms with Gasteiger partial charge in [-0.05, 0) is 28.3 Å². The molecular formula is C22H19ClN4O2. The van der Waals surface area contributed by atoms with E-state index in [0.717, 1.165) is 0 Å². The van der Waals surface area contributed by atoms with E-state index in [1.807, 2.05) is 24.3 Å². The second kappa shape index (κ2) is 8.32. The maximum Gasteiger partial charge on any atom is 0.407 e. The first kappa shape index (κ1) is 19.0. The number of nitrogen functional groups attached to an aromatic ring is 1. The summed E-state index contributed by atoms with van der Waals surface area (Å²) in [5.41, 5.74) is 10.8. The third-order valence-corrected chi connectivity index (χ3v) is 5.05. The zero-order valence-electron chi connectivity index (χ0n) is 15.5. The van der Waals surface area contributed by atoms with Gasteiger partial charge in [0.05, 0.1) is 11.9 Å². The molecule has 0 aliphatic heterocycles. The molecule has 0 saturated carbocycles. The Morgan fingerprint density at radius 3 is 2.45 bits per heavy atom. The average Bonchev–Trinajstić information content (AvgIpc) is 3.06. The summed E-state index contributed by atoms with van der Waals surface area (Å²) in [6, 6.07) is 16.4. The van der Waals surface area contributed by atoms with Crippen LogP contribution in [0.15, 0.2) is 60.8 Å². The maximum atomic E-state index is 12.1. The van der Waals surface area contributed by atoms with Gasteiger partial charge < -0.3 is 15.8 Å². The van der Waals surface area contributed by atoms with Crippen LogP contribution in [0, 0.1) is 0 Å². The lowest BCUT2D eigenvalue weighted by atomic mass is 9.98. The minimum atomic E-state index is -0.474. The van der Waals surface area contributed by atoms with Crippen molar-refractivity contribution in [2.24, 2.45) is 0 Å². The highest BCUT2D eigenvalue weighted by molar-refractivity contribution is 6.31. The van der Waals surface area contributed by atoms with Gasteiger partial charge in [0, 0.05) is 12.5 Å². The molecule has 29 heavy (non-hydrogen) atoms. The van der Waals surface area contributed by atoms with Gasteiger partial charge in [0.15, 0.2) is 11.0 Å². The van der Waals surface area contributed by atoms with Crippen molar-refractivity contribution in [2.45, 2.75) is 5.92 Å². The average molecular weight is 407 g/mol. The molecule has 4 rings (SSSR count). The number of hydrogen-bond acceptors (Lipinski definition) is 5. The number of anilines is 1. The van der Waals surface area contributed by atoms with Crippen LogP contribution >= 0.6 is 11.6 Å². The van der Waals surface area contributed by atoms with Gasteiger partial charge in [-0.3, -0.25) is 0 Å². The van der Waals surface area contributed by atoms with E-state index >= 15 is 0 Å². The minimum absolute atomic E-state index is 0.0379. The highest BCUT2D eigenvalue weighted by atomic mass is 35.5. The standard InChI is InChI=1S/C22H19ClN4O2/c23-20-21(24)26-12-14(27-20)6-5-11-25-22(28)29-13-19-17-9-3-1-7-15(17)16-8-2-4-10-18(16)19/h1-10,12,19H,11,13H2,(H2,24,26)(H,25,28). The fourth-order valence-corrected chi connectivity index (χ4v) is 3.59. The minimum Gasteiger partial charge on any atom is -0.449 e. The quantitative estimate of drug-likeness (QED) is 0.660. The molecule has 3 N–H and O–H groups in total. The molecule has 1 amide bonds. The van der Waals surface area contributed by atoms with E-state index < -0.39 is 6.09 Å². The summed E-state index contributed by atoms with van der Waals surface area (Å²) >= 11 is 5.83. The third-order valence-electron chi connectivity index (χ3n) is 4.77. The smallest absolute Gasteiger partial charge is 0.407 e. The Bertz CT molecular complexity index is 1040. The lowest BCUT2D eigenvalue weighted by Gasteiger charge is -2.14. The normalized spacial score (nSPS) is 12.6. The highest BCUT2D eigenvalue weighted by Gasteiger charge is 2.28. The summed E-state index contributed by atoms with van der Waals surface area (Å²) in [5.74, 6) is 0.219. The number of carbonyl (C=O) groups excluding carboxylic acids is 1. The van der Waals surface area contributed by atoms with E-state index in [1.54, 1.807) is 12.2 Å². The van der Waals surface area contributed by atoms with Crippen LogP contribution < -0.4 is 11.1 Å². The van der Waals surface area contributed by atoms with Crippen LogP contribution in [0.5, 0.6) is 0 Å². The molecule has 1 heterocycles. The number of halogens is 1. The largest absolute Gasteiger partial charge is 0.449 e. The van der Waals surface area contributed by atoms with E-state index in [9.17, 15) is 4.79 Å². The van der Waals surface area contributed by atoms with E-state index in [-0.39, 0.29) is 23.5 Å². The molecule has 0 unspecified atom stereocenters. The third kappa shape index (κ3) is 4.07. The molecule has 2 aromatic carbocycles. The lowest BCUT2D eigenvalue weighted by Crippen LogP contribution is -2.26. The Balaban J connectivity index is 1.33. The van der Waals surface area contributed by atoms with Crippen LogP contribution in [0.4, 0.5) is 10.6 Å². The van der Waals surface area contributed by atoms with Crippen LogP contribution in [0.1, 0.15) is 22.7 Å². The Morgan fingerprint density at radius 2 is 1.79 bits per heavy atom. The zero-order chi connectivity index (χ0) is 20.2. The molecule has 0 spiro atoms. The van der Waals surface area contributed by atoms with Gasteiger partial charge in [0.1, 0.15) is 6.61 Å². The number of benzene rings is 2.